The maximum absolute atomic E-state index is 12.2. The summed E-state index contributed by atoms with van der Waals surface area (Å²) in [5.41, 5.74) is 2.45. The SMILES string of the molecule is CCCn1c(=O)ccc(=O)n1-c1c(C)cccc1C. The third-order valence-corrected chi connectivity index (χ3v) is 3.16. The molecule has 0 aliphatic heterocycles. The molecule has 0 saturated carbocycles. The molecule has 19 heavy (non-hydrogen) atoms. The first-order valence-electron chi connectivity index (χ1n) is 6.46. The van der Waals surface area contributed by atoms with Crippen molar-refractivity contribution in [3.63, 3.8) is 0 Å². The molecule has 4 heteroatoms. The third kappa shape index (κ3) is 2.38. The van der Waals surface area contributed by atoms with Crippen molar-refractivity contribution in [2.24, 2.45) is 0 Å². The van der Waals surface area contributed by atoms with Crippen LogP contribution in [0.5, 0.6) is 0 Å². The van der Waals surface area contributed by atoms with Gasteiger partial charge < -0.3 is 0 Å². The molecule has 0 saturated heterocycles. The Morgan fingerprint density at radius 2 is 1.53 bits per heavy atom. The van der Waals surface area contributed by atoms with Crippen LogP contribution in [0.25, 0.3) is 5.69 Å². The number of rotatable bonds is 3. The predicted molar refractivity (Wildman–Crippen MR) is 76.1 cm³/mol. The highest BCUT2D eigenvalue weighted by atomic mass is 16.2. The van der Waals surface area contributed by atoms with E-state index in [0.29, 0.717) is 6.54 Å². The van der Waals surface area contributed by atoms with Crippen molar-refractivity contribution in [2.45, 2.75) is 33.7 Å². The molecule has 0 aliphatic carbocycles. The van der Waals surface area contributed by atoms with Gasteiger partial charge in [-0.2, -0.15) is 0 Å². The zero-order chi connectivity index (χ0) is 14.0. The quantitative estimate of drug-likeness (QED) is 0.845. The fourth-order valence-electron chi connectivity index (χ4n) is 2.31. The summed E-state index contributed by atoms with van der Waals surface area (Å²) in [5.74, 6) is 0. The summed E-state index contributed by atoms with van der Waals surface area (Å²) in [7, 11) is 0. The second-order valence-electron chi connectivity index (χ2n) is 4.69. The van der Waals surface area contributed by atoms with E-state index in [-0.39, 0.29) is 11.1 Å². The van der Waals surface area contributed by atoms with Gasteiger partial charge in [0, 0.05) is 18.7 Å². The smallest absolute Gasteiger partial charge is 0.268 e. The number of nitrogens with zero attached hydrogens (tertiary/aromatic N) is 2. The summed E-state index contributed by atoms with van der Waals surface area (Å²) in [5, 5.41) is 0. The normalized spacial score (nSPS) is 10.7. The molecule has 1 heterocycles. The average molecular weight is 258 g/mol. The summed E-state index contributed by atoms with van der Waals surface area (Å²) >= 11 is 0. The van der Waals surface area contributed by atoms with E-state index in [0.717, 1.165) is 23.2 Å². The lowest BCUT2D eigenvalue weighted by Gasteiger charge is -2.18. The molecule has 0 spiro atoms. The molecule has 0 atom stereocenters. The lowest BCUT2D eigenvalue weighted by atomic mass is 10.1. The minimum Gasteiger partial charge on any atom is -0.268 e. The Morgan fingerprint density at radius 1 is 0.947 bits per heavy atom. The highest BCUT2D eigenvalue weighted by Gasteiger charge is 2.11. The van der Waals surface area contributed by atoms with E-state index in [4.69, 9.17) is 0 Å². The van der Waals surface area contributed by atoms with Crippen LogP contribution >= 0.6 is 0 Å². The molecule has 0 unspecified atom stereocenters. The molecule has 1 aromatic carbocycles. The van der Waals surface area contributed by atoms with Gasteiger partial charge in [-0.15, -0.1) is 0 Å². The summed E-state index contributed by atoms with van der Waals surface area (Å²) in [4.78, 5) is 24.2. The Balaban J connectivity index is 2.85. The van der Waals surface area contributed by atoms with Crippen LogP contribution in [0.3, 0.4) is 0 Å². The number of hydrogen-bond acceptors (Lipinski definition) is 2. The molecule has 4 nitrogen and oxygen atoms in total. The highest BCUT2D eigenvalue weighted by Crippen LogP contribution is 2.16. The zero-order valence-electron chi connectivity index (χ0n) is 11.5. The Morgan fingerprint density at radius 3 is 2.11 bits per heavy atom. The molecule has 0 radical (unpaired) electrons. The fraction of sp³-hybridized carbons (Fsp3) is 0.333. The maximum Gasteiger partial charge on any atom is 0.270 e. The molecule has 100 valence electrons. The van der Waals surface area contributed by atoms with Gasteiger partial charge in [0.05, 0.1) is 5.69 Å². The minimum absolute atomic E-state index is 0.149. The Labute approximate surface area is 111 Å². The van der Waals surface area contributed by atoms with Gasteiger partial charge in [0.15, 0.2) is 0 Å². The van der Waals surface area contributed by atoms with Crippen LogP contribution in [0.2, 0.25) is 0 Å². The first-order chi connectivity index (χ1) is 9.06. The zero-order valence-corrected chi connectivity index (χ0v) is 11.5. The second kappa shape index (κ2) is 5.26. The van der Waals surface area contributed by atoms with Crippen molar-refractivity contribution in [1.29, 1.82) is 0 Å². The van der Waals surface area contributed by atoms with Gasteiger partial charge >= 0.3 is 0 Å². The van der Waals surface area contributed by atoms with E-state index in [1.807, 2.05) is 39.0 Å². The van der Waals surface area contributed by atoms with E-state index >= 15 is 0 Å². The van der Waals surface area contributed by atoms with Crippen molar-refractivity contribution in [2.75, 3.05) is 0 Å². The van der Waals surface area contributed by atoms with Crippen molar-refractivity contribution in [1.82, 2.24) is 9.36 Å². The molecular weight excluding hydrogens is 240 g/mol. The van der Waals surface area contributed by atoms with Crippen molar-refractivity contribution >= 4 is 0 Å². The number of aromatic nitrogens is 2. The molecule has 0 fully saturated rings. The van der Waals surface area contributed by atoms with Gasteiger partial charge in [0.25, 0.3) is 11.1 Å². The van der Waals surface area contributed by atoms with Crippen molar-refractivity contribution < 1.29 is 0 Å². The number of para-hydroxylation sites is 1. The third-order valence-electron chi connectivity index (χ3n) is 3.16. The molecule has 0 bridgehead atoms. The van der Waals surface area contributed by atoms with Gasteiger partial charge in [0.2, 0.25) is 0 Å². The van der Waals surface area contributed by atoms with Crippen LogP contribution in [0.15, 0.2) is 39.9 Å². The van der Waals surface area contributed by atoms with E-state index < -0.39 is 0 Å². The van der Waals surface area contributed by atoms with Gasteiger partial charge in [-0.3, -0.25) is 9.59 Å². The number of hydrogen-bond donors (Lipinski definition) is 0. The standard InChI is InChI=1S/C15H18N2O2/c1-4-10-16-13(18)8-9-14(19)17(16)15-11(2)6-5-7-12(15)3/h5-9H,4,10H2,1-3H3. The molecule has 2 aromatic rings. The highest BCUT2D eigenvalue weighted by molar-refractivity contribution is 5.46. The Bertz CT molecular complexity index is 691. The Hall–Kier alpha value is -2.10. The van der Waals surface area contributed by atoms with E-state index in [2.05, 4.69) is 0 Å². The minimum atomic E-state index is -0.176. The average Bonchev–Trinajstić information content (AvgIpc) is 2.37. The monoisotopic (exact) mass is 258 g/mol. The first kappa shape index (κ1) is 13.3. The van der Waals surface area contributed by atoms with Crippen LogP contribution in [-0.4, -0.2) is 9.36 Å². The maximum atomic E-state index is 12.2. The van der Waals surface area contributed by atoms with Gasteiger partial charge in [-0.05, 0) is 31.4 Å². The molecule has 0 aliphatic rings. The van der Waals surface area contributed by atoms with Crippen molar-refractivity contribution in [3.05, 3.63) is 62.2 Å². The topological polar surface area (TPSA) is 44.0 Å². The number of benzene rings is 1. The predicted octanol–water partition coefficient (Wildman–Crippen LogP) is 2.03. The number of aryl methyl sites for hydroxylation is 2. The molecule has 0 N–H and O–H groups in total. The largest absolute Gasteiger partial charge is 0.270 e. The molecular formula is C15H18N2O2. The van der Waals surface area contributed by atoms with E-state index in [9.17, 15) is 9.59 Å². The van der Waals surface area contributed by atoms with E-state index in [1.165, 1.54) is 21.5 Å². The van der Waals surface area contributed by atoms with Crippen molar-refractivity contribution in [3.8, 4) is 5.69 Å². The van der Waals surface area contributed by atoms with Gasteiger partial charge in [0.1, 0.15) is 0 Å². The van der Waals surface area contributed by atoms with Crippen LogP contribution in [0.4, 0.5) is 0 Å². The summed E-state index contributed by atoms with van der Waals surface area (Å²) in [6, 6.07) is 8.51. The summed E-state index contributed by atoms with van der Waals surface area (Å²) in [6.45, 7) is 6.41. The van der Waals surface area contributed by atoms with Crippen LogP contribution < -0.4 is 11.1 Å². The second-order valence-corrected chi connectivity index (χ2v) is 4.69. The fourth-order valence-corrected chi connectivity index (χ4v) is 2.31. The van der Waals surface area contributed by atoms with Gasteiger partial charge in [-0.1, -0.05) is 25.1 Å². The summed E-state index contributed by atoms with van der Waals surface area (Å²) in [6.07, 6.45) is 0.800. The summed E-state index contributed by atoms with van der Waals surface area (Å²) < 4.78 is 3.01. The molecule has 0 amide bonds. The molecule has 2 rings (SSSR count). The molecule has 1 aromatic heterocycles. The van der Waals surface area contributed by atoms with Crippen LogP contribution in [0, 0.1) is 13.8 Å². The van der Waals surface area contributed by atoms with Crippen LogP contribution in [-0.2, 0) is 6.54 Å². The van der Waals surface area contributed by atoms with Gasteiger partial charge in [-0.25, -0.2) is 9.36 Å². The Kier molecular flexibility index (Phi) is 3.69. The van der Waals surface area contributed by atoms with Crippen LogP contribution in [0.1, 0.15) is 24.5 Å². The first-order valence-corrected chi connectivity index (χ1v) is 6.46. The van der Waals surface area contributed by atoms with E-state index in [1.54, 1.807) is 0 Å². The lowest BCUT2D eigenvalue weighted by Crippen LogP contribution is -2.37. The lowest BCUT2D eigenvalue weighted by molar-refractivity contribution is 0.496.